The van der Waals surface area contributed by atoms with Gasteiger partial charge in [0.25, 0.3) is 0 Å². The summed E-state index contributed by atoms with van der Waals surface area (Å²) in [6.45, 7) is 3.35. The molecule has 29 heavy (non-hydrogen) atoms. The van der Waals surface area contributed by atoms with E-state index in [1.165, 1.54) is 6.92 Å². The first-order valence-electron chi connectivity index (χ1n) is 8.96. The molecule has 3 rings (SSSR count). The largest absolute Gasteiger partial charge is 0.497 e. The van der Waals surface area contributed by atoms with Crippen LogP contribution < -0.4 is 25.4 Å². The van der Waals surface area contributed by atoms with E-state index < -0.39 is 0 Å². The Balaban J connectivity index is 1.85. The molecule has 0 unspecified atom stereocenters. The van der Waals surface area contributed by atoms with Gasteiger partial charge in [0.15, 0.2) is 0 Å². The molecule has 3 aromatic rings. The highest BCUT2D eigenvalue weighted by Gasteiger charge is 2.09. The maximum absolute atomic E-state index is 11.3. The lowest BCUT2D eigenvalue weighted by Crippen LogP contribution is -2.06. The normalized spacial score (nSPS) is 10.2. The number of hydrogen-bond acceptors (Lipinski definition) is 7. The van der Waals surface area contributed by atoms with Crippen LogP contribution in [0.15, 0.2) is 48.5 Å². The smallest absolute Gasteiger partial charge is 0.229 e. The van der Waals surface area contributed by atoms with E-state index in [-0.39, 0.29) is 5.91 Å². The van der Waals surface area contributed by atoms with E-state index in [2.05, 4.69) is 25.9 Å². The summed E-state index contributed by atoms with van der Waals surface area (Å²) in [5.74, 6) is 2.24. The number of hydrogen-bond donors (Lipinski definition) is 3. The van der Waals surface area contributed by atoms with Crippen molar-refractivity contribution in [3.8, 4) is 11.5 Å². The number of rotatable bonds is 7. The zero-order valence-electron chi connectivity index (χ0n) is 16.7. The van der Waals surface area contributed by atoms with Gasteiger partial charge in [-0.3, -0.25) is 4.79 Å². The van der Waals surface area contributed by atoms with Gasteiger partial charge in [0.2, 0.25) is 11.9 Å². The number of nitrogens with zero attached hydrogens (tertiary/aromatic N) is 2. The highest BCUT2D eigenvalue weighted by molar-refractivity contribution is 5.89. The van der Waals surface area contributed by atoms with Crippen LogP contribution in [0.1, 0.15) is 12.6 Å². The summed E-state index contributed by atoms with van der Waals surface area (Å²) in [5.41, 5.74) is 2.97. The fourth-order valence-corrected chi connectivity index (χ4v) is 2.75. The summed E-state index contributed by atoms with van der Waals surface area (Å²) in [6.07, 6.45) is 0. The molecular formula is C21H23N5O3. The molecule has 1 amide bonds. The molecule has 1 heterocycles. The molecular weight excluding hydrogens is 370 g/mol. The summed E-state index contributed by atoms with van der Waals surface area (Å²) < 4.78 is 10.7. The van der Waals surface area contributed by atoms with Gasteiger partial charge in [-0.1, -0.05) is 6.07 Å². The van der Waals surface area contributed by atoms with Crippen molar-refractivity contribution in [1.82, 2.24) is 9.97 Å². The second-order valence-electron chi connectivity index (χ2n) is 6.30. The number of aryl methyl sites for hydroxylation is 1. The Morgan fingerprint density at radius 1 is 0.931 bits per heavy atom. The van der Waals surface area contributed by atoms with E-state index in [1.54, 1.807) is 14.2 Å². The SMILES string of the molecule is COc1ccc(OC)c(Nc2nc(C)cc(Nc3cccc(NC(C)=O)c3)n2)c1. The number of benzene rings is 2. The lowest BCUT2D eigenvalue weighted by Gasteiger charge is -2.13. The Bertz CT molecular complexity index is 1020. The maximum Gasteiger partial charge on any atom is 0.229 e. The predicted molar refractivity (Wildman–Crippen MR) is 114 cm³/mol. The second-order valence-corrected chi connectivity index (χ2v) is 6.30. The zero-order valence-corrected chi connectivity index (χ0v) is 16.7. The second kappa shape index (κ2) is 8.92. The van der Waals surface area contributed by atoms with Crippen LogP contribution in [0.25, 0.3) is 0 Å². The third kappa shape index (κ3) is 5.35. The average molecular weight is 393 g/mol. The molecule has 0 bridgehead atoms. The van der Waals surface area contributed by atoms with E-state index >= 15 is 0 Å². The van der Waals surface area contributed by atoms with Gasteiger partial charge in [-0.05, 0) is 37.3 Å². The number of aromatic nitrogens is 2. The Labute approximate surface area is 169 Å². The summed E-state index contributed by atoms with van der Waals surface area (Å²) in [7, 11) is 3.20. The van der Waals surface area contributed by atoms with Gasteiger partial charge in [0.1, 0.15) is 17.3 Å². The maximum atomic E-state index is 11.3. The van der Waals surface area contributed by atoms with Crippen LogP contribution in [0.4, 0.5) is 28.8 Å². The minimum Gasteiger partial charge on any atom is -0.497 e. The standard InChI is InChI=1S/C21H23N5O3/c1-13-10-20(24-16-7-5-6-15(11-16)23-14(2)27)26-21(22-13)25-18-12-17(28-3)8-9-19(18)29-4/h5-12H,1-4H3,(H,23,27)(H2,22,24,25,26). The van der Waals surface area contributed by atoms with Crippen LogP contribution in [0.5, 0.6) is 11.5 Å². The highest BCUT2D eigenvalue weighted by Crippen LogP contribution is 2.31. The molecule has 0 spiro atoms. The quantitative estimate of drug-likeness (QED) is 0.552. The van der Waals surface area contributed by atoms with Crippen LogP contribution in [0.3, 0.4) is 0 Å². The van der Waals surface area contributed by atoms with Gasteiger partial charge in [-0.2, -0.15) is 4.98 Å². The molecule has 0 saturated carbocycles. The molecule has 8 heteroatoms. The van der Waals surface area contributed by atoms with Crippen LogP contribution in [0, 0.1) is 6.92 Å². The predicted octanol–water partition coefficient (Wildman–Crippen LogP) is 4.25. The van der Waals surface area contributed by atoms with E-state index in [4.69, 9.17) is 9.47 Å². The van der Waals surface area contributed by atoms with E-state index in [0.717, 1.165) is 11.4 Å². The fourth-order valence-electron chi connectivity index (χ4n) is 2.75. The minimum absolute atomic E-state index is 0.126. The van der Waals surface area contributed by atoms with Gasteiger partial charge in [-0.25, -0.2) is 4.98 Å². The topological polar surface area (TPSA) is 97.4 Å². The molecule has 0 atom stereocenters. The molecule has 0 fully saturated rings. The lowest BCUT2D eigenvalue weighted by molar-refractivity contribution is -0.114. The summed E-state index contributed by atoms with van der Waals surface area (Å²) >= 11 is 0. The van der Waals surface area contributed by atoms with E-state index in [1.807, 2.05) is 55.5 Å². The first kappa shape index (κ1) is 19.9. The van der Waals surface area contributed by atoms with E-state index in [9.17, 15) is 4.79 Å². The molecule has 0 aliphatic heterocycles. The molecule has 0 aliphatic rings. The third-order valence-corrected chi connectivity index (χ3v) is 3.96. The molecule has 1 aromatic heterocycles. The van der Waals surface area contributed by atoms with Crippen molar-refractivity contribution in [3.05, 3.63) is 54.2 Å². The molecule has 150 valence electrons. The summed E-state index contributed by atoms with van der Waals surface area (Å²) in [4.78, 5) is 20.2. The van der Waals surface area contributed by atoms with Crippen molar-refractivity contribution in [1.29, 1.82) is 0 Å². The highest BCUT2D eigenvalue weighted by atomic mass is 16.5. The van der Waals surface area contributed by atoms with Gasteiger partial charge in [0, 0.05) is 36.1 Å². The number of amides is 1. The van der Waals surface area contributed by atoms with Crippen molar-refractivity contribution in [3.63, 3.8) is 0 Å². The van der Waals surface area contributed by atoms with Crippen LogP contribution in [-0.4, -0.2) is 30.1 Å². The molecule has 3 N–H and O–H groups in total. The molecule has 2 aromatic carbocycles. The molecule has 0 aliphatic carbocycles. The monoisotopic (exact) mass is 393 g/mol. The van der Waals surface area contributed by atoms with Crippen LogP contribution in [-0.2, 0) is 4.79 Å². The van der Waals surface area contributed by atoms with Gasteiger partial charge in [-0.15, -0.1) is 0 Å². The van der Waals surface area contributed by atoms with Gasteiger partial charge >= 0.3 is 0 Å². The average Bonchev–Trinajstić information content (AvgIpc) is 2.67. The molecule has 8 nitrogen and oxygen atoms in total. The minimum atomic E-state index is -0.126. The number of carbonyl (C=O) groups excluding carboxylic acids is 1. The van der Waals surface area contributed by atoms with Gasteiger partial charge in [0.05, 0.1) is 19.9 Å². The first-order chi connectivity index (χ1) is 14.0. The Kier molecular flexibility index (Phi) is 6.13. The van der Waals surface area contributed by atoms with Crippen molar-refractivity contribution < 1.29 is 14.3 Å². The number of methoxy groups -OCH3 is 2. The van der Waals surface area contributed by atoms with E-state index in [0.29, 0.717) is 34.6 Å². The first-order valence-corrected chi connectivity index (χ1v) is 8.96. The number of nitrogens with one attached hydrogen (secondary N) is 3. The number of ether oxygens (including phenoxy) is 2. The Hall–Kier alpha value is -3.81. The third-order valence-electron chi connectivity index (χ3n) is 3.96. The van der Waals surface area contributed by atoms with Crippen molar-refractivity contribution in [2.24, 2.45) is 0 Å². The summed E-state index contributed by atoms with van der Waals surface area (Å²) in [5, 5.41) is 9.18. The van der Waals surface area contributed by atoms with Gasteiger partial charge < -0.3 is 25.4 Å². The zero-order chi connectivity index (χ0) is 20.8. The summed E-state index contributed by atoms with van der Waals surface area (Å²) in [6, 6.07) is 14.7. The van der Waals surface area contributed by atoms with Crippen molar-refractivity contribution >= 4 is 34.7 Å². The Morgan fingerprint density at radius 2 is 1.72 bits per heavy atom. The number of carbonyl (C=O) groups is 1. The fraction of sp³-hybridized carbons (Fsp3) is 0.190. The lowest BCUT2D eigenvalue weighted by atomic mass is 10.2. The van der Waals surface area contributed by atoms with Crippen LogP contribution in [0.2, 0.25) is 0 Å². The molecule has 0 radical (unpaired) electrons. The number of anilines is 5. The van der Waals surface area contributed by atoms with Crippen molar-refractivity contribution in [2.75, 3.05) is 30.2 Å². The molecule has 0 saturated heterocycles. The van der Waals surface area contributed by atoms with Crippen LogP contribution >= 0.6 is 0 Å². The van der Waals surface area contributed by atoms with Crippen molar-refractivity contribution in [2.45, 2.75) is 13.8 Å². The Morgan fingerprint density at radius 3 is 2.45 bits per heavy atom.